The van der Waals surface area contributed by atoms with Gasteiger partial charge >= 0.3 is 0 Å². The van der Waals surface area contributed by atoms with Crippen molar-refractivity contribution in [3.05, 3.63) is 5.69 Å². The average Bonchev–Trinajstić information content (AvgIpc) is 2.41. The lowest BCUT2D eigenvalue weighted by atomic mass is 10.1. The molecule has 0 fully saturated rings. The number of nitrogens with zero attached hydrogens (tertiary/aromatic N) is 2. The van der Waals surface area contributed by atoms with Gasteiger partial charge in [0.2, 0.25) is 10.0 Å². The maximum Gasteiger partial charge on any atom is 0.246 e. The first kappa shape index (κ1) is 14.0. The zero-order valence-electron chi connectivity index (χ0n) is 10.9. The van der Waals surface area contributed by atoms with Crippen molar-refractivity contribution < 1.29 is 8.42 Å². The van der Waals surface area contributed by atoms with Crippen LogP contribution in [0.4, 0.5) is 5.82 Å². The van der Waals surface area contributed by atoms with E-state index in [1.165, 1.54) is 4.68 Å². The fraction of sp³-hybridized carbons (Fsp3) is 0.700. The molecule has 0 saturated heterocycles. The third-order valence-electron chi connectivity index (χ3n) is 2.28. The van der Waals surface area contributed by atoms with Crippen LogP contribution in [0.3, 0.4) is 0 Å². The summed E-state index contributed by atoms with van der Waals surface area (Å²) in [7, 11) is -3.57. The fourth-order valence-electron chi connectivity index (χ4n) is 1.64. The number of nitrogen functional groups attached to an aromatic ring is 1. The molecule has 0 spiro atoms. The minimum Gasteiger partial charge on any atom is -0.383 e. The Morgan fingerprint density at radius 1 is 1.41 bits per heavy atom. The summed E-state index contributed by atoms with van der Waals surface area (Å²) in [4.78, 5) is 0.0780. The molecule has 0 unspecified atom stereocenters. The van der Waals surface area contributed by atoms with Crippen LogP contribution in [0.25, 0.3) is 0 Å². The van der Waals surface area contributed by atoms with Crippen LogP contribution in [-0.4, -0.2) is 24.7 Å². The molecule has 6 nitrogen and oxygen atoms in total. The van der Waals surface area contributed by atoms with Crippen molar-refractivity contribution in [2.45, 2.75) is 45.1 Å². The molecule has 0 aliphatic carbocycles. The van der Waals surface area contributed by atoms with E-state index < -0.39 is 10.0 Å². The van der Waals surface area contributed by atoms with Gasteiger partial charge in [-0.2, -0.15) is 5.10 Å². The van der Waals surface area contributed by atoms with Gasteiger partial charge in [0.25, 0.3) is 0 Å². The van der Waals surface area contributed by atoms with Crippen molar-refractivity contribution in [3.63, 3.8) is 0 Å². The summed E-state index contributed by atoms with van der Waals surface area (Å²) in [5, 5.41) is 4.20. The second kappa shape index (κ2) is 4.30. The van der Waals surface area contributed by atoms with Crippen LogP contribution in [0.2, 0.25) is 0 Å². The topological polar surface area (TPSA) is 90.0 Å². The van der Waals surface area contributed by atoms with E-state index in [-0.39, 0.29) is 16.3 Å². The van der Waals surface area contributed by atoms with Crippen molar-refractivity contribution >= 4 is 15.8 Å². The van der Waals surface area contributed by atoms with Crippen LogP contribution in [0, 0.1) is 6.92 Å². The summed E-state index contributed by atoms with van der Waals surface area (Å²) in [5.41, 5.74) is 5.95. The van der Waals surface area contributed by atoms with Gasteiger partial charge in [-0.05, 0) is 27.7 Å². The molecular weight excluding hydrogens is 240 g/mol. The number of hydrogen-bond donors (Lipinski definition) is 2. The minimum absolute atomic E-state index is 0.0780. The predicted octanol–water partition coefficient (Wildman–Crippen LogP) is 0.827. The standard InChI is InChI=1S/C10H20N4O2S/c1-6-12-17(15,16)8-7(2)13-14(9(8)11)10(3,4)5/h12H,6,11H2,1-5H3. The van der Waals surface area contributed by atoms with Crippen LogP contribution in [-0.2, 0) is 15.6 Å². The lowest BCUT2D eigenvalue weighted by Crippen LogP contribution is -2.27. The maximum absolute atomic E-state index is 12.0. The van der Waals surface area contributed by atoms with Crippen molar-refractivity contribution in [1.29, 1.82) is 0 Å². The Bertz CT molecular complexity index is 511. The molecule has 1 heterocycles. The van der Waals surface area contributed by atoms with Gasteiger partial charge in [-0.1, -0.05) is 6.92 Å². The first-order chi connectivity index (χ1) is 7.61. The van der Waals surface area contributed by atoms with E-state index in [2.05, 4.69) is 9.82 Å². The third kappa shape index (κ3) is 2.61. The molecule has 98 valence electrons. The Morgan fingerprint density at radius 3 is 2.29 bits per heavy atom. The normalized spacial score (nSPS) is 13.0. The number of aryl methyl sites for hydroxylation is 1. The van der Waals surface area contributed by atoms with Gasteiger partial charge in [-0.25, -0.2) is 17.8 Å². The first-order valence-electron chi connectivity index (χ1n) is 5.46. The van der Waals surface area contributed by atoms with Gasteiger partial charge in [-0.3, -0.25) is 0 Å². The van der Waals surface area contributed by atoms with Gasteiger partial charge in [0.1, 0.15) is 10.7 Å². The van der Waals surface area contributed by atoms with Gasteiger partial charge in [0.15, 0.2) is 0 Å². The van der Waals surface area contributed by atoms with Crippen molar-refractivity contribution in [2.75, 3.05) is 12.3 Å². The quantitative estimate of drug-likeness (QED) is 0.842. The molecule has 0 amide bonds. The zero-order valence-corrected chi connectivity index (χ0v) is 11.7. The number of hydrogen-bond acceptors (Lipinski definition) is 4. The van der Waals surface area contributed by atoms with Crippen LogP contribution in [0.5, 0.6) is 0 Å². The van der Waals surface area contributed by atoms with Crippen molar-refractivity contribution in [3.8, 4) is 0 Å². The highest BCUT2D eigenvalue weighted by Gasteiger charge is 2.28. The lowest BCUT2D eigenvalue weighted by molar-refractivity contribution is 0.360. The van der Waals surface area contributed by atoms with E-state index in [9.17, 15) is 8.42 Å². The van der Waals surface area contributed by atoms with E-state index >= 15 is 0 Å². The third-order valence-corrected chi connectivity index (χ3v) is 3.99. The zero-order chi connectivity index (χ0) is 13.4. The number of nitrogens with two attached hydrogens (primary N) is 1. The maximum atomic E-state index is 12.0. The number of nitrogens with one attached hydrogen (secondary N) is 1. The van der Waals surface area contributed by atoms with Gasteiger partial charge in [0.05, 0.1) is 11.2 Å². The summed E-state index contributed by atoms with van der Waals surface area (Å²) >= 11 is 0. The Hall–Kier alpha value is -1.08. The molecule has 0 radical (unpaired) electrons. The van der Waals surface area contributed by atoms with Crippen LogP contribution in [0.1, 0.15) is 33.4 Å². The highest BCUT2D eigenvalue weighted by Crippen LogP contribution is 2.27. The van der Waals surface area contributed by atoms with Crippen LogP contribution < -0.4 is 10.5 Å². The molecule has 0 aliphatic rings. The van der Waals surface area contributed by atoms with E-state index in [0.717, 1.165) is 0 Å². The van der Waals surface area contributed by atoms with E-state index in [1.807, 2.05) is 20.8 Å². The summed E-state index contributed by atoms with van der Waals surface area (Å²) in [5.74, 6) is 0.177. The molecule has 3 N–H and O–H groups in total. The van der Waals surface area contributed by atoms with Crippen molar-refractivity contribution in [1.82, 2.24) is 14.5 Å². The molecule has 1 aromatic heterocycles. The van der Waals surface area contributed by atoms with E-state index in [1.54, 1.807) is 13.8 Å². The van der Waals surface area contributed by atoms with E-state index in [4.69, 9.17) is 5.73 Å². The number of anilines is 1. The number of sulfonamides is 1. The van der Waals surface area contributed by atoms with Crippen LogP contribution >= 0.6 is 0 Å². The Kier molecular flexibility index (Phi) is 3.54. The first-order valence-corrected chi connectivity index (χ1v) is 6.94. The molecule has 0 bridgehead atoms. The molecule has 17 heavy (non-hydrogen) atoms. The van der Waals surface area contributed by atoms with Gasteiger partial charge < -0.3 is 5.73 Å². The molecule has 1 rings (SSSR count). The molecule has 0 atom stereocenters. The molecular formula is C10H20N4O2S. The number of aromatic nitrogens is 2. The van der Waals surface area contributed by atoms with Gasteiger partial charge in [0, 0.05) is 6.54 Å². The monoisotopic (exact) mass is 260 g/mol. The number of rotatable bonds is 3. The average molecular weight is 260 g/mol. The summed E-state index contributed by atoms with van der Waals surface area (Å²) in [6.07, 6.45) is 0. The second-order valence-corrected chi connectivity index (χ2v) is 6.59. The lowest BCUT2D eigenvalue weighted by Gasteiger charge is -2.20. The Labute approximate surface area is 102 Å². The van der Waals surface area contributed by atoms with Crippen molar-refractivity contribution in [2.24, 2.45) is 0 Å². The fourth-order valence-corrected chi connectivity index (χ4v) is 2.95. The summed E-state index contributed by atoms with van der Waals surface area (Å²) in [6, 6.07) is 0. The Balaban J connectivity index is 3.43. The predicted molar refractivity (Wildman–Crippen MR) is 67.2 cm³/mol. The molecule has 0 aromatic carbocycles. The molecule has 1 aromatic rings. The summed E-state index contributed by atoms with van der Waals surface area (Å²) in [6.45, 7) is 9.43. The van der Waals surface area contributed by atoms with Gasteiger partial charge in [-0.15, -0.1) is 0 Å². The molecule has 7 heteroatoms. The minimum atomic E-state index is -3.57. The molecule has 0 saturated carbocycles. The molecule has 0 aliphatic heterocycles. The summed E-state index contributed by atoms with van der Waals surface area (Å²) < 4.78 is 27.9. The van der Waals surface area contributed by atoms with E-state index in [0.29, 0.717) is 12.2 Å². The smallest absolute Gasteiger partial charge is 0.246 e. The Morgan fingerprint density at radius 2 is 1.94 bits per heavy atom. The largest absolute Gasteiger partial charge is 0.383 e. The highest BCUT2D eigenvalue weighted by atomic mass is 32.2. The van der Waals surface area contributed by atoms with Crippen LogP contribution in [0.15, 0.2) is 4.90 Å². The second-order valence-electron chi connectivity index (χ2n) is 4.88. The highest BCUT2D eigenvalue weighted by molar-refractivity contribution is 7.89. The SMILES string of the molecule is CCNS(=O)(=O)c1c(C)nn(C(C)(C)C)c1N.